The Morgan fingerprint density at radius 3 is 1.70 bits per heavy atom. The minimum atomic E-state index is -0.00215. The molecule has 1 atom stereocenters. The van der Waals surface area contributed by atoms with Crippen molar-refractivity contribution in [3.63, 3.8) is 0 Å². The van der Waals surface area contributed by atoms with Gasteiger partial charge in [0.25, 0.3) is 0 Å². The molecule has 1 unspecified atom stereocenters. The Morgan fingerprint density at radius 2 is 1.12 bits per heavy atom. The second-order valence-corrected chi connectivity index (χ2v) is 13.1. The fourth-order valence-electron chi connectivity index (χ4n) is 5.97. The van der Waals surface area contributed by atoms with Gasteiger partial charge in [-0.25, -0.2) is 0 Å². The van der Waals surface area contributed by atoms with Crippen LogP contribution in [0, 0.1) is 6.92 Å². The molecule has 5 aromatic rings. The SMILES string of the molecule is CCC(CC)(Pc1c(C)cccc1CN(Cc1ccccc1)Cc1ccccc1)c1ccccc1OCc1ccccc1. The van der Waals surface area contributed by atoms with Gasteiger partial charge < -0.3 is 4.74 Å². The number of hydrogen-bond donors (Lipinski definition) is 0. The van der Waals surface area contributed by atoms with Crippen molar-refractivity contribution in [1.29, 1.82) is 0 Å². The second-order valence-electron chi connectivity index (χ2n) is 11.4. The monoisotopic (exact) mass is 585 g/mol. The van der Waals surface area contributed by atoms with Crippen LogP contribution in [0.5, 0.6) is 5.75 Å². The van der Waals surface area contributed by atoms with Gasteiger partial charge in [-0.3, -0.25) is 4.90 Å². The van der Waals surface area contributed by atoms with Crippen LogP contribution < -0.4 is 10.0 Å². The molecule has 5 aromatic carbocycles. The first-order chi connectivity index (χ1) is 21.1. The molecule has 0 heterocycles. The van der Waals surface area contributed by atoms with Gasteiger partial charge in [0.1, 0.15) is 12.4 Å². The Bertz CT molecular complexity index is 1510. The Labute approximate surface area is 260 Å². The molecule has 0 aliphatic heterocycles. The predicted molar refractivity (Wildman–Crippen MR) is 184 cm³/mol. The lowest BCUT2D eigenvalue weighted by molar-refractivity contribution is 0.248. The molecule has 0 bridgehead atoms. The Hall–Kier alpha value is -3.71. The number of ether oxygens (including phenoxy) is 1. The zero-order valence-electron chi connectivity index (χ0n) is 25.8. The lowest BCUT2D eigenvalue weighted by Crippen LogP contribution is -2.28. The fourth-order valence-corrected chi connectivity index (χ4v) is 7.75. The van der Waals surface area contributed by atoms with Crippen molar-refractivity contribution in [2.75, 3.05) is 0 Å². The molecule has 0 fully saturated rings. The molecule has 0 spiro atoms. The molecule has 0 saturated heterocycles. The smallest absolute Gasteiger partial charge is 0.123 e. The lowest BCUT2D eigenvalue weighted by atomic mass is 9.92. The number of hydrogen-bond acceptors (Lipinski definition) is 2. The number of benzene rings is 5. The van der Waals surface area contributed by atoms with Gasteiger partial charge in [-0.15, -0.1) is 0 Å². The molecular weight excluding hydrogens is 541 g/mol. The fraction of sp³-hybridized carbons (Fsp3) is 0.250. The molecule has 0 aromatic heterocycles. The zero-order chi connectivity index (χ0) is 29.9. The van der Waals surface area contributed by atoms with Crippen molar-refractivity contribution in [1.82, 2.24) is 4.90 Å². The summed E-state index contributed by atoms with van der Waals surface area (Å²) in [6.07, 6.45) is 2.11. The summed E-state index contributed by atoms with van der Waals surface area (Å²) in [5.41, 5.74) is 8.01. The first-order valence-corrected chi connectivity index (χ1v) is 16.5. The highest BCUT2D eigenvalue weighted by atomic mass is 31.1. The number of nitrogens with zero attached hydrogens (tertiary/aromatic N) is 1. The van der Waals surface area contributed by atoms with Crippen molar-refractivity contribution in [2.24, 2.45) is 0 Å². The van der Waals surface area contributed by atoms with Crippen LogP contribution in [0.1, 0.15) is 60.1 Å². The largest absolute Gasteiger partial charge is 0.489 e. The summed E-state index contributed by atoms with van der Waals surface area (Å²) in [6, 6.07) is 47.8. The Morgan fingerprint density at radius 1 is 0.581 bits per heavy atom. The second kappa shape index (κ2) is 15.1. The number of para-hydroxylation sites is 1. The van der Waals surface area contributed by atoms with Gasteiger partial charge in [-0.1, -0.05) is 150 Å². The maximum Gasteiger partial charge on any atom is 0.123 e. The van der Waals surface area contributed by atoms with E-state index in [1.807, 2.05) is 0 Å². The van der Waals surface area contributed by atoms with Gasteiger partial charge in [0.2, 0.25) is 0 Å². The van der Waals surface area contributed by atoms with Gasteiger partial charge >= 0.3 is 0 Å². The first-order valence-electron chi connectivity index (χ1n) is 15.5. The maximum absolute atomic E-state index is 6.52. The van der Waals surface area contributed by atoms with Crippen LogP contribution >= 0.6 is 8.58 Å². The third-order valence-electron chi connectivity index (χ3n) is 8.46. The molecular formula is C40H44NOP. The molecule has 3 heteroatoms. The minimum absolute atomic E-state index is 0.00215. The summed E-state index contributed by atoms with van der Waals surface area (Å²) in [5.74, 6) is 1.01. The summed E-state index contributed by atoms with van der Waals surface area (Å²) >= 11 is 0. The van der Waals surface area contributed by atoms with E-state index in [0.29, 0.717) is 15.2 Å². The minimum Gasteiger partial charge on any atom is -0.489 e. The molecule has 0 aliphatic carbocycles. The molecule has 2 nitrogen and oxygen atoms in total. The standard InChI is InChI=1S/C40H44NOP/c1-4-40(5-2,37-26-15-16-27-38(37)42-31-35-23-13-8-14-24-35)43-39-32(3)18-17-25-36(39)30-41(28-33-19-9-6-10-20-33)29-34-21-11-7-12-22-34/h6-27,43H,4-5,28-31H2,1-3H3. The summed E-state index contributed by atoms with van der Waals surface area (Å²) in [7, 11) is 0.637. The van der Waals surface area contributed by atoms with Crippen molar-refractivity contribution in [3.05, 3.63) is 167 Å². The molecule has 0 amide bonds. The van der Waals surface area contributed by atoms with E-state index in [0.717, 1.165) is 38.2 Å². The summed E-state index contributed by atoms with van der Waals surface area (Å²) in [4.78, 5) is 2.59. The van der Waals surface area contributed by atoms with Crippen molar-refractivity contribution < 1.29 is 4.74 Å². The highest BCUT2D eigenvalue weighted by Crippen LogP contribution is 2.50. The van der Waals surface area contributed by atoms with Crippen LogP contribution in [0.2, 0.25) is 0 Å². The van der Waals surface area contributed by atoms with Crippen molar-refractivity contribution >= 4 is 13.9 Å². The molecule has 0 radical (unpaired) electrons. The van der Waals surface area contributed by atoms with Gasteiger partial charge in [0.15, 0.2) is 0 Å². The lowest BCUT2D eigenvalue weighted by Gasteiger charge is -2.36. The van der Waals surface area contributed by atoms with E-state index in [2.05, 4.69) is 159 Å². The topological polar surface area (TPSA) is 12.5 Å². The van der Waals surface area contributed by atoms with Crippen LogP contribution in [-0.2, 0) is 31.4 Å². The molecule has 220 valence electrons. The average molecular weight is 586 g/mol. The van der Waals surface area contributed by atoms with E-state index in [9.17, 15) is 0 Å². The van der Waals surface area contributed by atoms with Crippen LogP contribution in [0.25, 0.3) is 0 Å². The number of aryl methyl sites for hydroxylation is 1. The third kappa shape index (κ3) is 8.02. The predicted octanol–water partition coefficient (Wildman–Crippen LogP) is 9.80. The zero-order valence-corrected chi connectivity index (χ0v) is 26.8. The highest BCUT2D eigenvalue weighted by molar-refractivity contribution is 7.48. The van der Waals surface area contributed by atoms with Crippen LogP contribution in [0.15, 0.2) is 133 Å². The Balaban J connectivity index is 1.46. The third-order valence-corrected chi connectivity index (χ3v) is 10.9. The summed E-state index contributed by atoms with van der Waals surface area (Å²) in [6.45, 7) is 10.3. The summed E-state index contributed by atoms with van der Waals surface area (Å²) < 4.78 is 6.52. The first kappa shape index (κ1) is 30.7. The molecule has 0 saturated carbocycles. The van der Waals surface area contributed by atoms with E-state index in [1.54, 1.807) is 0 Å². The highest BCUT2D eigenvalue weighted by Gasteiger charge is 2.33. The van der Waals surface area contributed by atoms with Gasteiger partial charge in [0, 0.05) is 30.4 Å². The molecule has 0 aliphatic rings. The number of rotatable bonds is 14. The van der Waals surface area contributed by atoms with E-state index >= 15 is 0 Å². The van der Waals surface area contributed by atoms with E-state index < -0.39 is 0 Å². The summed E-state index contributed by atoms with van der Waals surface area (Å²) in [5, 5.41) is 1.49. The van der Waals surface area contributed by atoms with Crippen LogP contribution in [-0.4, -0.2) is 4.90 Å². The van der Waals surface area contributed by atoms with Gasteiger partial charge in [0.05, 0.1) is 0 Å². The van der Waals surface area contributed by atoms with E-state index in [4.69, 9.17) is 4.74 Å². The van der Waals surface area contributed by atoms with Gasteiger partial charge in [-0.05, 0) is 59.0 Å². The average Bonchev–Trinajstić information content (AvgIpc) is 3.05. The van der Waals surface area contributed by atoms with Gasteiger partial charge in [-0.2, -0.15) is 0 Å². The van der Waals surface area contributed by atoms with Crippen molar-refractivity contribution in [3.8, 4) is 5.75 Å². The molecule has 43 heavy (non-hydrogen) atoms. The Kier molecular flexibility index (Phi) is 10.8. The van der Waals surface area contributed by atoms with E-state index in [-0.39, 0.29) is 5.16 Å². The molecule has 5 rings (SSSR count). The quantitative estimate of drug-likeness (QED) is 0.120. The van der Waals surface area contributed by atoms with Crippen LogP contribution in [0.3, 0.4) is 0 Å². The van der Waals surface area contributed by atoms with Crippen molar-refractivity contribution in [2.45, 2.75) is 65.0 Å². The maximum atomic E-state index is 6.52. The van der Waals surface area contributed by atoms with E-state index in [1.165, 1.54) is 38.7 Å². The normalized spacial score (nSPS) is 11.8. The molecule has 0 N–H and O–H groups in total. The van der Waals surface area contributed by atoms with Crippen LogP contribution in [0.4, 0.5) is 0 Å².